The fourth-order valence-electron chi connectivity index (χ4n) is 4.00. The Bertz CT molecular complexity index is 1240. The maximum Gasteiger partial charge on any atom is 0.173 e. The van der Waals surface area contributed by atoms with Crippen LogP contribution in [0.2, 0.25) is 0 Å². The first kappa shape index (κ1) is 24.5. The topological polar surface area (TPSA) is 52.6 Å². The lowest BCUT2D eigenvalue weighted by Gasteiger charge is -2.26. The molecule has 4 aromatic carbocycles. The number of fused-ring (bicyclic) bond motifs is 1. The molecule has 4 aromatic rings. The maximum atomic E-state index is 13.6. The molecular weight excluding hydrogens is 436 g/mol. The molecule has 0 saturated heterocycles. The Morgan fingerprint density at radius 2 is 1.20 bits per heavy atom. The Hall–Kier alpha value is -3.60. The van der Waals surface area contributed by atoms with E-state index < -0.39 is 17.6 Å². The lowest BCUT2D eigenvalue weighted by Crippen LogP contribution is -2.29. The molecule has 35 heavy (non-hydrogen) atoms. The van der Waals surface area contributed by atoms with Crippen LogP contribution in [-0.2, 0) is 9.78 Å². The molecule has 0 radical (unpaired) electrons. The van der Waals surface area contributed by atoms with E-state index >= 15 is 0 Å². The SMILES string of the molecule is CC(C)(C)OOC(CC(C(=O)c1ccccc1)C(=O)c1ccccc1)c1ccc2ccccc2c1. The van der Waals surface area contributed by atoms with Crippen molar-refractivity contribution < 1.29 is 19.4 Å². The van der Waals surface area contributed by atoms with Crippen LogP contribution in [0.5, 0.6) is 0 Å². The molecule has 0 bridgehead atoms. The second-order valence-corrected chi connectivity index (χ2v) is 9.64. The minimum absolute atomic E-state index is 0.149. The summed E-state index contributed by atoms with van der Waals surface area (Å²) in [7, 11) is 0. The number of ketones is 2. The number of benzene rings is 4. The van der Waals surface area contributed by atoms with Crippen LogP contribution in [0.3, 0.4) is 0 Å². The molecule has 0 aliphatic carbocycles. The van der Waals surface area contributed by atoms with Gasteiger partial charge in [0.1, 0.15) is 6.10 Å². The highest BCUT2D eigenvalue weighted by molar-refractivity contribution is 6.16. The van der Waals surface area contributed by atoms with E-state index in [1.165, 1.54) is 0 Å². The standard InChI is InChI=1S/C31H30O4/c1-31(2,3)35-34-28(26-19-18-22-12-10-11-17-25(22)20-26)21-27(29(32)23-13-6-4-7-14-23)30(33)24-15-8-5-9-16-24/h4-20,27-28H,21H2,1-3H3. The highest BCUT2D eigenvalue weighted by Crippen LogP contribution is 2.32. The minimum Gasteiger partial charge on any atom is -0.293 e. The third kappa shape index (κ3) is 6.30. The zero-order valence-electron chi connectivity index (χ0n) is 20.3. The Labute approximate surface area is 206 Å². The number of Topliss-reactive ketones (excluding diaryl/α,β-unsaturated/α-hetero) is 2. The fraction of sp³-hybridized carbons (Fsp3) is 0.226. The third-order valence-corrected chi connectivity index (χ3v) is 5.76. The van der Waals surface area contributed by atoms with E-state index in [9.17, 15) is 9.59 Å². The van der Waals surface area contributed by atoms with Crippen LogP contribution in [0.4, 0.5) is 0 Å². The maximum absolute atomic E-state index is 13.6. The summed E-state index contributed by atoms with van der Waals surface area (Å²) in [6.45, 7) is 5.69. The highest BCUT2D eigenvalue weighted by atomic mass is 17.2. The molecule has 0 spiro atoms. The summed E-state index contributed by atoms with van der Waals surface area (Å²) in [6.07, 6.45) is -0.472. The average molecular weight is 467 g/mol. The zero-order valence-corrected chi connectivity index (χ0v) is 20.3. The number of hydrogen-bond donors (Lipinski definition) is 0. The second-order valence-electron chi connectivity index (χ2n) is 9.64. The predicted octanol–water partition coefficient (Wildman–Crippen LogP) is 7.40. The molecule has 178 valence electrons. The van der Waals surface area contributed by atoms with Gasteiger partial charge in [0.25, 0.3) is 0 Å². The van der Waals surface area contributed by atoms with Crippen LogP contribution in [0.25, 0.3) is 10.8 Å². The van der Waals surface area contributed by atoms with E-state index in [0.29, 0.717) is 11.1 Å². The van der Waals surface area contributed by atoms with Gasteiger partial charge in [-0.3, -0.25) is 9.59 Å². The fourth-order valence-corrected chi connectivity index (χ4v) is 4.00. The summed E-state index contributed by atoms with van der Waals surface area (Å²) >= 11 is 0. The van der Waals surface area contributed by atoms with Gasteiger partial charge in [0.2, 0.25) is 0 Å². The van der Waals surface area contributed by atoms with Gasteiger partial charge in [0.05, 0.1) is 11.5 Å². The van der Waals surface area contributed by atoms with Crippen LogP contribution in [0.15, 0.2) is 103 Å². The Morgan fingerprint density at radius 3 is 1.74 bits per heavy atom. The third-order valence-electron chi connectivity index (χ3n) is 5.76. The molecule has 4 rings (SSSR count). The molecule has 0 N–H and O–H groups in total. The van der Waals surface area contributed by atoms with E-state index in [1.807, 2.05) is 75.4 Å². The number of hydrogen-bond acceptors (Lipinski definition) is 4. The monoisotopic (exact) mass is 466 g/mol. The number of rotatable bonds is 9. The molecule has 0 fully saturated rings. The quantitative estimate of drug-likeness (QED) is 0.112. The summed E-state index contributed by atoms with van der Waals surface area (Å²) in [5, 5.41) is 2.15. The van der Waals surface area contributed by atoms with Crippen LogP contribution >= 0.6 is 0 Å². The van der Waals surface area contributed by atoms with Gasteiger partial charge in [-0.15, -0.1) is 0 Å². The summed E-state index contributed by atoms with van der Waals surface area (Å²) < 4.78 is 0. The van der Waals surface area contributed by atoms with Crippen LogP contribution in [-0.4, -0.2) is 17.2 Å². The van der Waals surface area contributed by atoms with Gasteiger partial charge < -0.3 is 0 Å². The lowest BCUT2D eigenvalue weighted by atomic mass is 9.84. The normalized spacial score (nSPS) is 12.6. The van der Waals surface area contributed by atoms with Crippen molar-refractivity contribution in [2.75, 3.05) is 0 Å². The first-order chi connectivity index (χ1) is 16.8. The van der Waals surface area contributed by atoms with Crippen molar-refractivity contribution in [2.45, 2.75) is 38.9 Å². The first-order valence-corrected chi connectivity index (χ1v) is 11.8. The predicted molar refractivity (Wildman–Crippen MR) is 138 cm³/mol. The van der Waals surface area contributed by atoms with Gasteiger partial charge in [0.15, 0.2) is 11.6 Å². The molecule has 0 aromatic heterocycles. The second kappa shape index (κ2) is 10.8. The molecule has 4 heteroatoms. The molecule has 0 saturated carbocycles. The van der Waals surface area contributed by atoms with Gasteiger partial charge in [-0.1, -0.05) is 97.1 Å². The smallest absolute Gasteiger partial charge is 0.173 e. The average Bonchev–Trinajstić information content (AvgIpc) is 2.88. The summed E-state index contributed by atoms with van der Waals surface area (Å²) in [6, 6.07) is 31.9. The van der Waals surface area contributed by atoms with Gasteiger partial charge in [-0.05, 0) is 49.6 Å². The van der Waals surface area contributed by atoms with Gasteiger partial charge in [-0.25, -0.2) is 9.78 Å². The molecule has 0 amide bonds. The van der Waals surface area contributed by atoms with Crippen molar-refractivity contribution in [1.82, 2.24) is 0 Å². The number of carbonyl (C=O) groups excluding carboxylic acids is 2. The van der Waals surface area contributed by atoms with E-state index in [1.54, 1.807) is 48.5 Å². The van der Waals surface area contributed by atoms with Crippen molar-refractivity contribution in [1.29, 1.82) is 0 Å². The summed E-state index contributed by atoms with van der Waals surface area (Å²) in [4.78, 5) is 38.9. The van der Waals surface area contributed by atoms with Crippen molar-refractivity contribution >= 4 is 22.3 Å². The van der Waals surface area contributed by atoms with E-state index in [4.69, 9.17) is 9.78 Å². The largest absolute Gasteiger partial charge is 0.293 e. The van der Waals surface area contributed by atoms with E-state index in [2.05, 4.69) is 0 Å². The Balaban J connectivity index is 1.73. The highest BCUT2D eigenvalue weighted by Gasteiger charge is 2.33. The van der Waals surface area contributed by atoms with E-state index in [0.717, 1.165) is 16.3 Å². The summed E-state index contributed by atoms with van der Waals surface area (Å²) in [5.74, 6) is -1.39. The van der Waals surface area contributed by atoms with Crippen molar-refractivity contribution in [2.24, 2.45) is 5.92 Å². The molecule has 0 aliphatic rings. The van der Waals surface area contributed by atoms with Crippen molar-refractivity contribution in [3.63, 3.8) is 0 Å². The molecule has 0 aliphatic heterocycles. The lowest BCUT2D eigenvalue weighted by molar-refractivity contribution is -0.377. The van der Waals surface area contributed by atoms with Crippen molar-refractivity contribution in [3.8, 4) is 0 Å². The van der Waals surface area contributed by atoms with E-state index in [-0.39, 0.29) is 18.0 Å². The van der Waals surface area contributed by atoms with Gasteiger partial charge >= 0.3 is 0 Å². The molecule has 0 heterocycles. The molecule has 4 nitrogen and oxygen atoms in total. The van der Waals surface area contributed by atoms with Gasteiger partial charge in [-0.2, -0.15) is 0 Å². The minimum atomic E-state index is -0.931. The van der Waals surface area contributed by atoms with Crippen molar-refractivity contribution in [3.05, 3.63) is 120 Å². The van der Waals surface area contributed by atoms with Crippen LogP contribution in [0.1, 0.15) is 59.6 Å². The molecule has 1 unspecified atom stereocenters. The molecule has 1 atom stereocenters. The van der Waals surface area contributed by atoms with Crippen LogP contribution < -0.4 is 0 Å². The first-order valence-electron chi connectivity index (χ1n) is 11.8. The summed E-state index contributed by atoms with van der Waals surface area (Å²) in [5.41, 5.74) is 1.28. The number of carbonyl (C=O) groups is 2. The van der Waals surface area contributed by atoms with Gasteiger partial charge in [0, 0.05) is 11.1 Å². The Morgan fingerprint density at radius 1 is 0.686 bits per heavy atom. The van der Waals surface area contributed by atoms with Crippen LogP contribution in [0, 0.1) is 5.92 Å². The Kier molecular flexibility index (Phi) is 7.54. The molecular formula is C31H30O4. The zero-order chi connectivity index (χ0) is 24.8.